The number of alkyl halides is 1. The second-order valence-electron chi connectivity index (χ2n) is 6.19. The molecule has 2 heteroatoms. The van der Waals surface area contributed by atoms with E-state index < -0.39 is 0 Å². The molecule has 0 spiro atoms. The molecule has 0 N–H and O–H groups in total. The minimum Gasteiger partial charge on any atom is -0.381 e. The lowest BCUT2D eigenvalue weighted by molar-refractivity contribution is 0.0464. The van der Waals surface area contributed by atoms with Gasteiger partial charge < -0.3 is 4.74 Å². The Balaban J connectivity index is 1.66. The summed E-state index contributed by atoms with van der Waals surface area (Å²) in [7, 11) is 0. The molecule has 0 saturated heterocycles. The van der Waals surface area contributed by atoms with Crippen molar-refractivity contribution in [1.82, 2.24) is 0 Å². The first kappa shape index (κ1) is 16.0. The highest BCUT2D eigenvalue weighted by Gasteiger charge is 2.29. The van der Waals surface area contributed by atoms with Gasteiger partial charge in [0, 0.05) is 17.4 Å². The van der Waals surface area contributed by atoms with E-state index in [0.29, 0.717) is 5.41 Å². The first-order valence-corrected chi connectivity index (χ1v) is 9.14. The van der Waals surface area contributed by atoms with Crippen LogP contribution in [0.25, 0.3) is 0 Å². The van der Waals surface area contributed by atoms with Gasteiger partial charge in [-0.3, -0.25) is 0 Å². The zero-order valence-corrected chi connectivity index (χ0v) is 14.0. The summed E-state index contributed by atoms with van der Waals surface area (Å²) in [4.78, 5) is 0. The summed E-state index contributed by atoms with van der Waals surface area (Å²) in [6, 6.07) is 10.7. The molecule has 0 radical (unpaired) electrons. The first-order valence-electron chi connectivity index (χ1n) is 8.02. The lowest BCUT2D eigenvalue weighted by Crippen LogP contribution is -2.28. The van der Waals surface area contributed by atoms with Crippen molar-refractivity contribution in [2.75, 3.05) is 18.5 Å². The third kappa shape index (κ3) is 5.21. The number of halogens is 1. The largest absolute Gasteiger partial charge is 0.381 e. The second kappa shape index (κ2) is 8.84. The van der Waals surface area contributed by atoms with E-state index in [1.807, 2.05) is 0 Å². The van der Waals surface area contributed by atoms with E-state index in [9.17, 15) is 0 Å². The van der Waals surface area contributed by atoms with E-state index in [-0.39, 0.29) is 0 Å². The van der Waals surface area contributed by atoms with Crippen molar-refractivity contribution in [1.29, 1.82) is 0 Å². The van der Waals surface area contributed by atoms with Crippen LogP contribution in [0.2, 0.25) is 0 Å². The Bertz CT molecular complexity index is 355. The highest BCUT2D eigenvalue weighted by atomic mass is 79.9. The molecule has 0 atom stereocenters. The van der Waals surface area contributed by atoms with E-state index in [1.54, 1.807) is 0 Å². The average molecular weight is 339 g/mol. The van der Waals surface area contributed by atoms with Gasteiger partial charge in [-0.15, -0.1) is 0 Å². The summed E-state index contributed by atoms with van der Waals surface area (Å²) in [6.45, 7) is 1.83. The van der Waals surface area contributed by atoms with Gasteiger partial charge in [0.2, 0.25) is 0 Å². The van der Waals surface area contributed by atoms with Crippen LogP contribution in [0.5, 0.6) is 0 Å². The molecule has 1 aliphatic carbocycles. The van der Waals surface area contributed by atoms with E-state index in [1.165, 1.54) is 44.1 Å². The number of aryl methyl sites for hydroxylation is 1. The minimum absolute atomic E-state index is 0.406. The number of hydrogen-bond acceptors (Lipinski definition) is 1. The van der Waals surface area contributed by atoms with Crippen molar-refractivity contribution in [3.63, 3.8) is 0 Å². The van der Waals surface area contributed by atoms with Crippen molar-refractivity contribution in [2.24, 2.45) is 5.41 Å². The molecule has 0 bridgehead atoms. The second-order valence-corrected chi connectivity index (χ2v) is 6.75. The van der Waals surface area contributed by atoms with Crippen molar-refractivity contribution < 1.29 is 4.74 Å². The van der Waals surface area contributed by atoms with Crippen LogP contribution in [-0.2, 0) is 11.2 Å². The van der Waals surface area contributed by atoms with Gasteiger partial charge in [-0.2, -0.15) is 0 Å². The fourth-order valence-corrected chi connectivity index (χ4v) is 3.83. The molecule has 112 valence electrons. The van der Waals surface area contributed by atoms with Crippen LogP contribution in [0.4, 0.5) is 0 Å². The normalized spacial score (nSPS) is 18.6. The standard InChI is InChI=1S/C18H27BrO/c19-15-18(12-6-1-2-7-13-18)16-20-14-8-11-17-9-4-3-5-10-17/h3-5,9-10H,1-2,6-8,11-16H2. The van der Waals surface area contributed by atoms with Crippen LogP contribution >= 0.6 is 15.9 Å². The predicted octanol–water partition coefficient (Wildman–Crippen LogP) is 5.37. The molecule has 20 heavy (non-hydrogen) atoms. The molecular formula is C18H27BrO. The molecular weight excluding hydrogens is 312 g/mol. The van der Waals surface area contributed by atoms with E-state index in [0.717, 1.165) is 31.4 Å². The van der Waals surface area contributed by atoms with Crippen LogP contribution in [0.3, 0.4) is 0 Å². The quantitative estimate of drug-likeness (QED) is 0.369. The Morgan fingerprint density at radius 1 is 1.00 bits per heavy atom. The predicted molar refractivity (Wildman–Crippen MR) is 89.5 cm³/mol. The lowest BCUT2D eigenvalue weighted by Gasteiger charge is -2.30. The summed E-state index contributed by atoms with van der Waals surface area (Å²) in [5, 5.41) is 1.10. The molecule has 1 nitrogen and oxygen atoms in total. The van der Waals surface area contributed by atoms with Gasteiger partial charge in [0.25, 0.3) is 0 Å². The SMILES string of the molecule is BrCC1(COCCCc2ccccc2)CCCCCC1. The van der Waals surface area contributed by atoms with Crippen LogP contribution < -0.4 is 0 Å². The molecule has 1 aromatic carbocycles. The number of ether oxygens (including phenoxy) is 1. The maximum atomic E-state index is 6.01. The van der Waals surface area contributed by atoms with Crippen LogP contribution in [0, 0.1) is 5.41 Å². The summed E-state index contributed by atoms with van der Waals surface area (Å²) in [6.07, 6.45) is 10.5. The smallest absolute Gasteiger partial charge is 0.0530 e. The van der Waals surface area contributed by atoms with Crippen molar-refractivity contribution >= 4 is 15.9 Å². The van der Waals surface area contributed by atoms with Crippen LogP contribution in [0.1, 0.15) is 50.5 Å². The molecule has 1 aromatic rings. The number of hydrogen-bond donors (Lipinski definition) is 0. The van der Waals surface area contributed by atoms with Crippen molar-refractivity contribution in [3.05, 3.63) is 35.9 Å². The number of benzene rings is 1. The van der Waals surface area contributed by atoms with Crippen LogP contribution in [0.15, 0.2) is 30.3 Å². The van der Waals surface area contributed by atoms with Gasteiger partial charge >= 0.3 is 0 Å². The fourth-order valence-electron chi connectivity index (χ4n) is 3.11. The van der Waals surface area contributed by atoms with Gasteiger partial charge in [-0.05, 0) is 31.2 Å². The Labute approximate surface area is 132 Å². The zero-order valence-electron chi connectivity index (χ0n) is 12.5. The zero-order chi connectivity index (χ0) is 14.1. The van der Waals surface area contributed by atoms with E-state index >= 15 is 0 Å². The third-order valence-corrected chi connectivity index (χ3v) is 5.64. The molecule has 0 amide bonds. The minimum atomic E-state index is 0.406. The maximum absolute atomic E-state index is 6.01. The van der Waals surface area contributed by atoms with Crippen molar-refractivity contribution in [3.8, 4) is 0 Å². The Morgan fingerprint density at radius 3 is 2.35 bits per heavy atom. The van der Waals surface area contributed by atoms with Gasteiger partial charge in [0.05, 0.1) is 6.61 Å². The maximum Gasteiger partial charge on any atom is 0.0530 e. The molecule has 1 aliphatic rings. The van der Waals surface area contributed by atoms with Crippen LogP contribution in [-0.4, -0.2) is 18.5 Å². The van der Waals surface area contributed by atoms with E-state index in [4.69, 9.17) is 4.74 Å². The van der Waals surface area contributed by atoms with Gasteiger partial charge in [-0.1, -0.05) is 71.9 Å². The third-order valence-electron chi connectivity index (χ3n) is 4.45. The Morgan fingerprint density at radius 2 is 1.70 bits per heavy atom. The molecule has 0 aromatic heterocycles. The molecule has 0 heterocycles. The van der Waals surface area contributed by atoms with Gasteiger partial charge in [0.15, 0.2) is 0 Å². The number of rotatable bonds is 7. The Hall–Kier alpha value is -0.340. The van der Waals surface area contributed by atoms with Gasteiger partial charge in [0.1, 0.15) is 0 Å². The summed E-state index contributed by atoms with van der Waals surface area (Å²) in [5.41, 5.74) is 1.82. The fraction of sp³-hybridized carbons (Fsp3) is 0.667. The summed E-state index contributed by atoms with van der Waals surface area (Å²) >= 11 is 3.73. The highest BCUT2D eigenvalue weighted by Crippen LogP contribution is 2.36. The van der Waals surface area contributed by atoms with Gasteiger partial charge in [-0.25, -0.2) is 0 Å². The topological polar surface area (TPSA) is 9.23 Å². The first-order chi connectivity index (χ1) is 9.85. The van der Waals surface area contributed by atoms with E-state index in [2.05, 4.69) is 46.3 Å². The van der Waals surface area contributed by atoms with Crippen molar-refractivity contribution in [2.45, 2.75) is 51.4 Å². The molecule has 0 aliphatic heterocycles. The summed E-state index contributed by atoms with van der Waals surface area (Å²) < 4.78 is 6.01. The molecule has 1 saturated carbocycles. The highest BCUT2D eigenvalue weighted by molar-refractivity contribution is 9.09. The summed E-state index contributed by atoms with van der Waals surface area (Å²) in [5.74, 6) is 0. The Kier molecular flexibility index (Phi) is 7.09. The average Bonchev–Trinajstić information content (AvgIpc) is 2.74. The molecule has 0 unspecified atom stereocenters. The molecule has 1 fully saturated rings. The molecule has 2 rings (SSSR count). The monoisotopic (exact) mass is 338 g/mol. The lowest BCUT2D eigenvalue weighted by atomic mass is 9.83.